The third-order valence-corrected chi connectivity index (χ3v) is 8.04. The predicted octanol–water partition coefficient (Wildman–Crippen LogP) is 4.33. The second kappa shape index (κ2) is 10.1. The average Bonchev–Trinajstić information content (AvgIpc) is 3.56. The number of aromatic nitrogens is 3. The first-order valence-corrected chi connectivity index (χ1v) is 13.7. The molecule has 1 aliphatic carbocycles. The van der Waals surface area contributed by atoms with E-state index in [1.54, 1.807) is 28.7 Å². The fourth-order valence-electron chi connectivity index (χ4n) is 3.58. The molecule has 0 bridgehead atoms. The van der Waals surface area contributed by atoms with Crippen LogP contribution in [0.3, 0.4) is 0 Å². The van der Waals surface area contributed by atoms with E-state index in [0.29, 0.717) is 60.5 Å². The van der Waals surface area contributed by atoms with Gasteiger partial charge in [0.15, 0.2) is 5.13 Å². The van der Waals surface area contributed by atoms with Gasteiger partial charge in [-0.2, -0.15) is 0 Å². The Labute approximate surface area is 204 Å². The lowest BCUT2D eigenvalue weighted by molar-refractivity contribution is 0.0765. The van der Waals surface area contributed by atoms with Crippen molar-refractivity contribution in [3.63, 3.8) is 0 Å². The van der Waals surface area contributed by atoms with E-state index in [2.05, 4.69) is 19.7 Å². The Morgan fingerprint density at radius 1 is 1.24 bits per heavy atom. The third kappa shape index (κ3) is 5.20. The minimum Gasteiger partial charge on any atom is -0.477 e. The number of carbonyl (C=O) groups is 1. The quantitative estimate of drug-likeness (QED) is 0.486. The maximum Gasteiger partial charge on any atom is 0.254 e. The lowest BCUT2D eigenvalue weighted by atomic mass is 10.0. The summed E-state index contributed by atoms with van der Waals surface area (Å²) in [5, 5.41) is 1.81. The third-order valence-electron chi connectivity index (χ3n) is 5.28. The van der Waals surface area contributed by atoms with Gasteiger partial charge in [0.05, 0.1) is 42.2 Å². The van der Waals surface area contributed by atoms with E-state index >= 15 is 0 Å². The highest BCUT2D eigenvalue weighted by Gasteiger charge is 2.36. The van der Waals surface area contributed by atoms with E-state index in [1.807, 2.05) is 32.9 Å². The zero-order chi connectivity index (χ0) is 24.3. The summed E-state index contributed by atoms with van der Waals surface area (Å²) in [5.74, 6) is 0.383. The van der Waals surface area contributed by atoms with Crippen LogP contribution in [0.4, 0.5) is 5.13 Å². The van der Waals surface area contributed by atoms with Gasteiger partial charge in [0.2, 0.25) is 15.9 Å². The highest BCUT2D eigenvalue weighted by molar-refractivity contribution is 7.93. The van der Waals surface area contributed by atoms with Crippen LogP contribution in [-0.4, -0.2) is 46.0 Å². The molecule has 0 atom stereocenters. The van der Waals surface area contributed by atoms with Crippen LogP contribution in [0.2, 0.25) is 0 Å². The molecular weight excluding hydrogens is 474 g/mol. The fourth-order valence-corrected chi connectivity index (χ4v) is 5.88. The number of ether oxygens (including phenoxy) is 1. The molecule has 2 aliphatic rings. The maximum absolute atomic E-state index is 12.9. The second-order valence-electron chi connectivity index (χ2n) is 7.70. The minimum absolute atomic E-state index is 0. The summed E-state index contributed by atoms with van der Waals surface area (Å²) >= 11 is 1.23. The number of amides is 1. The van der Waals surface area contributed by atoms with Crippen LogP contribution in [0.25, 0.3) is 11.3 Å². The second-order valence-corrected chi connectivity index (χ2v) is 10.5. The van der Waals surface area contributed by atoms with Crippen molar-refractivity contribution in [2.45, 2.75) is 52.0 Å². The number of thiazole rings is 1. The van der Waals surface area contributed by atoms with Crippen LogP contribution in [0.15, 0.2) is 36.0 Å². The molecular formula is C23H29N5O4S2. The van der Waals surface area contributed by atoms with Crippen LogP contribution in [-0.2, 0) is 23.1 Å². The van der Waals surface area contributed by atoms with Crippen molar-refractivity contribution in [2.75, 3.05) is 11.3 Å². The molecule has 3 aromatic rings. The normalized spacial score (nSPS) is 14.9. The molecule has 0 saturated heterocycles. The van der Waals surface area contributed by atoms with E-state index in [9.17, 15) is 13.2 Å². The van der Waals surface area contributed by atoms with Crippen molar-refractivity contribution in [1.29, 1.82) is 0 Å². The van der Waals surface area contributed by atoms with Gasteiger partial charge in [-0.3, -0.25) is 14.5 Å². The summed E-state index contributed by atoms with van der Waals surface area (Å²) in [6.45, 7) is 7.15. The summed E-state index contributed by atoms with van der Waals surface area (Å²) in [4.78, 5) is 27.6. The average molecular weight is 504 g/mol. The number of carbonyl (C=O) groups excluding carboxylic acids is 1. The number of fused-ring (bicyclic) bond motifs is 1. The molecule has 34 heavy (non-hydrogen) atoms. The molecule has 5 rings (SSSR count). The van der Waals surface area contributed by atoms with Gasteiger partial charge in [-0.15, -0.1) is 11.3 Å². The molecule has 0 radical (unpaired) electrons. The van der Waals surface area contributed by atoms with Crippen molar-refractivity contribution >= 4 is 32.4 Å². The number of hydrogen-bond acceptors (Lipinski definition) is 8. The van der Waals surface area contributed by atoms with Crippen molar-refractivity contribution in [2.24, 2.45) is 0 Å². The van der Waals surface area contributed by atoms with Gasteiger partial charge in [-0.25, -0.2) is 18.4 Å². The number of nitrogens with zero attached hydrogens (tertiary/aromatic N) is 4. The smallest absolute Gasteiger partial charge is 0.254 e. The SMILES string of the molecule is CC.CCOc1cncc(-c2ccc3c(c2)CN(Cc2csc(NS(=O)(=O)C4CC4)n2)C3=O)n1.[HH]. The van der Waals surface area contributed by atoms with Crippen molar-refractivity contribution in [3.8, 4) is 17.1 Å². The van der Waals surface area contributed by atoms with Gasteiger partial charge in [0, 0.05) is 24.5 Å². The van der Waals surface area contributed by atoms with E-state index in [1.165, 1.54) is 11.3 Å². The summed E-state index contributed by atoms with van der Waals surface area (Å²) in [6, 6.07) is 5.61. The summed E-state index contributed by atoms with van der Waals surface area (Å²) in [7, 11) is -3.35. The molecule has 2 aromatic heterocycles. The van der Waals surface area contributed by atoms with Gasteiger partial charge in [-0.1, -0.05) is 19.9 Å². The zero-order valence-electron chi connectivity index (χ0n) is 19.3. The molecule has 1 aromatic carbocycles. The van der Waals surface area contributed by atoms with E-state index in [0.717, 1.165) is 11.1 Å². The van der Waals surface area contributed by atoms with E-state index in [4.69, 9.17) is 4.74 Å². The van der Waals surface area contributed by atoms with Crippen molar-refractivity contribution < 1.29 is 19.4 Å². The van der Waals surface area contributed by atoms with Crippen LogP contribution in [0.5, 0.6) is 5.88 Å². The molecule has 9 nitrogen and oxygen atoms in total. The molecule has 1 N–H and O–H groups in total. The van der Waals surface area contributed by atoms with E-state index in [-0.39, 0.29) is 12.6 Å². The van der Waals surface area contributed by atoms with E-state index < -0.39 is 10.0 Å². The summed E-state index contributed by atoms with van der Waals surface area (Å²) in [6.07, 6.45) is 4.62. The van der Waals surface area contributed by atoms with Gasteiger partial charge in [-0.05, 0) is 37.5 Å². The van der Waals surface area contributed by atoms with Gasteiger partial charge in [0.25, 0.3) is 5.91 Å². The fraction of sp³-hybridized carbons (Fsp3) is 0.391. The van der Waals surface area contributed by atoms with Crippen LogP contribution in [0.1, 0.15) is 56.7 Å². The highest BCUT2D eigenvalue weighted by Crippen LogP contribution is 2.32. The number of nitrogens with one attached hydrogen (secondary N) is 1. The zero-order valence-corrected chi connectivity index (χ0v) is 20.9. The molecule has 1 amide bonds. The Morgan fingerprint density at radius 2 is 2.03 bits per heavy atom. The van der Waals surface area contributed by atoms with Gasteiger partial charge >= 0.3 is 0 Å². The first-order valence-electron chi connectivity index (χ1n) is 11.3. The van der Waals surface area contributed by atoms with Crippen molar-refractivity contribution in [1.82, 2.24) is 19.9 Å². The Bertz CT molecular complexity index is 1290. The summed E-state index contributed by atoms with van der Waals surface area (Å²) in [5.41, 5.74) is 3.74. The van der Waals surface area contributed by atoms with Crippen LogP contribution >= 0.6 is 11.3 Å². The summed E-state index contributed by atoms with van der Waals surface area (Å²) < 4.78 is 32.2. The Hall–Kier alpha value is -3.05. The number of benzene rings is 1. The maximum atomic E-state index is 12.9. The Kier molecular flexibility index (Phi) is 7.13. The molecule has 182 valence electrons. The monoisotopic (exact) mass is 503 g/mol. The standard InChI is InChI=1S/C21H21N5O4S2.C2H6.H2/c1-2-30-19-9-22-8-18(24-19)13-3-6-17-14(7-13)10-26(20(17)27)11-15-12-31-21(23-15)25-32(28,29)16-4-5-16;1-2;/h3,6-9,12,16H,2,4-5,10-11H2,1H3,(H,23,25);1-2H3;1H. The first-order chi connectivity index (χ1) is 16.4. The topological polar surface area (TPSA) is 114 Å². The van der Waals surface area contributed by atoms with Gasteiger partial charge in [0.1, 0.15) is 0 Å². The molecule has 1 fully saturated rings. The van der Waals surface area contributed by atoms with Crippen LogP contribution < -0.4 is 9.46 Å². The molecule has 1 saturated carbocycles. The Balaban J connectivity index is 0.00000111. The molecule has 0 spiro atoms. The van der Waals surface area contributed by atoms with Crippen LogP contribution in [0, 0.1) is 0 Å². The molecule has 0 unspecified atom stereocenters. The highest BCUT2D eigenvalue weighted by atomic mass is 32.2. The van der Waals surface area contributed by atoms with Crippen molar-refractivity contribution in [3.05, 3.63) is 52.8 Å². The number of anilines is 1. The Morgan fingerprint density at radius 3 is 2.76 bits per heavy atom. The number of rotatable bonds is 8. The molecule has 11 heteroatoms. The lowest BCUT2D eigenvalue weighted by Crippen LogP contribution is -2.23. The number of hydrogen-bond donors (Lipinski definition) is 1. The molecule has 3 heterocycles. The predicted molar refractivity (Wildman–Crippen MR) is 133 cm³/mol. The largest absolute Gasteiger partial charge is 0.477 e. The molecule has 1 aliphatic heterocycles. The first kappa shape index (κ1) is 24.1. The van der Waals surface area contributed by atoms with Gasteiger partial charge < -0.3 is 9.64 Å². The number of sulfonamides is 1. The minimum atomic E-state index is -3.35. The lowest BCUT2D eigenvalue weighted by Gasteiger charge is -2.13.